The van der Waals surface area contributed by atoms with Crippen molar-refractivity contribution in [3.8, 4) is 5.75 Å². The summed E-state index contributed by atoms with van der Waals surface area (Å²) in [7, 11) is 0. The summed E-state index contributed by atoms with van der Waals surface area (Å²) in [5, 5.41) is 3.60. The highest BCUT2D eigenvalue weighted by molar-refractivity contribution is 9.09. The lowest BCUT2D eigenvalue weighted by Crippen LogP contribution is -2.37. The number of fused-ring (bicyclic) bond motifs is 1. The first-order chi connectivity index (χ1) is 7.31. The first kappa shape index (κ1) is 10.4. The summed E-state index contributed by atoms with van der Waals surface area (Å²) < 4.78 is 5.55. The first-order valence-corrected chi connectivity index (χ1v) is 5.92. The minimum atomic E-state index is -0.390. The Hall–Kier alpha value is -1.10. The molecular formula is C10H11BrN2O2. The number of ether oxygens (including phenoxy) is 1. The third-order valence-corrected chi connectivity index (χ3v) is 2.73. The molecule has 0 radical (unpaired) electrons. The van der Waals surface area contributed by atoms with Crippen LogP contribution in [0, 0.1) is 0 Å². The fraction of sp³-hybridized carbons (Fsp3) is 0.400. The third kappa shape index (κ3) is 2.28. The summed E-state index contributed by atoms with van der Waals surface area (Å²) in [6.07, 6.45) is 2.86. The van der Waals surface area contributed by atoms with Crippen LogP contribution in [0.3, 0.4) is 0 Å². The summed E-state index contributed by atoms with van der Waals surface area (Å²) >= 11 is 3.33. The Balaban J connectivity index is 2.11. The number of alkyl halides is 1. The van der Waals surface area contributed by atoms with E-state index in [1.54, 1.807) is 12.3 Å². The second-order valence-electron chi connectivity index (χ2n) is 3.28. The Morgan fingerprint density at radius 1 is 1.60 bits per heavy atom. The zero-order valence-electron chi connectivity index (χ0n) is 8.07. The van der Waals surface area contributed by atoms with Gasteiger partial charge in [-0.3, -0.25) is 4.79 Å². The number of pyridine rings is 1. The molecule has 1 N–H and O–H groups in total. The molecule has 1 amide bonds. The lowest BCUT2D eigenvalue weighted by Gasteiger charge is -2.24. The fourth-order valence-electron chi connectivity index (χ4n) is 1.44. The van der Waals surface area contributed by atoms with E-state index >= 15 is 0 Å². The second-order valence-corrected chi connectivity index (χ2v) is 4.07. The topological polar surface area (TPSA) is 51.2 Å². The summed E-state index contributed by atoms with van der Waals surface area (Å²) in [5.41, 5.74) is 0. The molecule has 0 unspecified atom stereocenters. The molecule has 0 spiro atoms. The van der Waals surface area contributed by atoms with Crippen molar-refractivity contribution in [2.45, 2.75) is 18.9 Å². The number of nitrogens with one attached hydrogen (secondary N) is 1. The van der Waals surface area contributed by atoms with Crippen molar-refractivity contribution in [1.82, 2.24) is 4.98 Å². The highest BCUT2D eigenvalue weighted by Crippen LogP contribution is 2.27. The van der Waals surface area contributed by atoms with Crippen molar-refractivity contribution in [1.29, 1.82) is 0 Å². The van der Waals surface area contributed by atoms with Crippen molar-refractivity contribution in [2.75, 3.05) is 10.6 Å². The predicted molar refractivity (Wildman–Crippen MR) is 60.3 cm³/mol. The number of anilines is 1. The monoisotopic (exact) mass is 270 g/mol. The van der Waals surface area contributed by atoms with Gasteiger partial charge in [0.05, 0.1) is 0 Å². The van der Waals surface area contributed by atoms with Crippen molar-refractivity contribution in [2.24, 2.45) is 0 Å². The largest absolute Gasteiger partial charge is 0.477 e. The van der Waals surface area contributed by atoms with E-state index in [2.05, 4.69) is 26.2 Å². The van der Waals surface area contributed by atoms with Gasteiger partial charge in [-0.15, -0.1) is 0 Å². The van der Waals surface area contributed by atoms with Crippen molar-refractivity contribution < 1.29 is 9.53 Å². The van der Waals surface area contributed by atoms with Gasteiger partial charge >= 0.3 is 0 Å². The molecule has 0 saturated heterocycles. The smallest absolute Gasteiger partial charge is 0.266 e. The van der Waals surface area contributed by atoms with E-state index in [4.69, 9.17) is 4.74 Å². The molecule has 0 aliphatic carbocycles. The van der Waals surface area contributed by atoms with E-state index in [0.29, 0.717) is 18.0 Å². The van der Waals surface area contributed by atoms with Gasteiger partial charge in [-0.05, 0) is 25.0 Å². The van der Waals surface area contributed by atoms with E-state index in [1.165, 1.54) is 0 Å². The summed E-state index contributed by atoms with van der Waals surface area (Å²) in [4.78, 5) is 15.6. The van der Waals surface area contributed by atoms with Gasteiger partial charge in [-0.25, -0.2) is 4.98 Å². The van der Waals surface area contributed by atoms with Crippen LogP contribution >= 0.6 is 15.9 Å². The molecule has 1 atom stereocenters. The summed E-state index contributed by atoms with van der Waals surface area (Å²) in [6.45, 7) is 0. The molecule has 1 aliphatic rings. The van der Waals surface area contributed by atoms with Gasteiger partial charge in [0, 0.05) is 11.5 Å². The molecule has 1 aromatic rings. The SMILES string of the molecule is O=C1Nc2ncccc2O[C@H]1CCCBr. The highest BCUT2D eigenvalue weighted by Gasteiger charge is 2.27. The van der Waals surface area contributed by atoms with Crippen LogP contribution in [-0.2, 0) is 4.79 Å². The van der Waals surface area contributed by atoms with Crippen LogP contribution in [0.25, 0.3) is 0 Å². The molecule has 0 bridgehead atoms. The Kier molecular flexibility index (Phi) is 3.20. The van der Waals surface area contributed by atoms with Gasteiger partial charge in [0.15, 0.2) is 17.7 Å². The number of halogens is 1. The van der Waals surface area contributed by atoms with Crippen LogP contribution in [0.15, 0.2) is 18.3 Å². The minimum Gasteiger partial charge on any atom is -0.477 e. The van der Waals surface area contributed by atoms with Crippen molar-refractivity contribution in [3.63, 3.8) is 0 Å². The second kappa shape index (κ2) is 4.61. The van der Waals surface area contributed by atoms with E-state index in [-0.39, 0.29) is 12.0 Å². The molecular weight excluding hydrogens is 260 g/mol. The van der Waals surface area contributed by atoms with Crippen LogP contribution in [0.5, 0.6) is 5.75 Å². The van der Waals surface area contributed by atoms with Crippen LogP contribution in [0.1, 0.15) is 12.8 Å². The molecule has 80 valence electrons. The van der Waals surface area contributed by atoms with Crippen LogP contribution in [0.2, 0.25) is 0 Å². The van der Waals surface area contributed by atoms with Crippen molar-refractivity contribution >= 4 is 27.7 Å². The number of hydrogen-bond acceptors (Lipinski definition) is 3. The number of carbonyl (C=O) groups excluding carboxylic acids is 1. The lowest BCUT2D eigenvalue weighted by atomic mass is 10.1. The molecule has 5 heteroatoms. The van der Waals surface area contributed by atoms with E-state index < -0.39 is 0 Å². The van der Waals surface area contributed by atoms with Crippen LogP contribution in [-0.4, -0.2) is 22.3 Å². The van der Waals surface area contributed by atoms with Crippen molar-refractivity contribution in [3.05, 3.63) is 18.3 Å². The average molecular weight is 271 g/mol. The van der Waals surface area contributed by atoms with E-state index in [0.717, 1.165) is 11.8 Å². The van der Waals surface area contributed by atoms with Gasteiger partial charge in [-0.1, -0.05) is 15.9 Å². The normalized spacial score (nSPS) is 19.0. The maximum atomic E-state index is 11.6. The molecule has 1 aromatic heterocycles. The third-order valence-electron chi connectivity index (χ3n) is 2.17. The quantitative estimate of drug-likeness (QED) is 0.855. The van der Waals surface area contributed by atoms with Crippen LogP contribution < -0.4 is 10.1 Å². The molecule has 0 aromatic carbocycles. The molecule has 4 nitrogen and oxygen atoms in total. The lowest BCUT2D eigenvalue weighted by molar-refractivity contribution is -0.123. The summed E-state index contributed by atoms with van der Waals surface area (Å²) in [6, 6.07) is 3.60. The molecule has 2 heterocycles. The zero-order chi connectivity index (χ0) is 10.7. The number of hydrogen-bond donors (Lipinski definition) is 1. The number of carbonyl (C=O) groups is 1. The van der Waals surface area contributed by atoms with Gasteiger partial charge in [0.2, 0.25) is 0 Å². The van der Waals surface area contributed by atoms with Gasteiger partial charge in [0.25, 0.3) is 5.91 Å². The van der Waals surface area contributed by atoms with Gasteiger partial charge in [-0.2, -0.15) is 0 Å². The number of amides is 1. The zero-order valence-corrected chi connectivity index (χ0v) is 9.66. The fourth-order valence-corrected chi connectivity index (χ4v) is 1.76. The number of aromatic nitrogens is 1. The molecule has 0 fully saturated rings. The number of rotatable bonds is 3. The van der Waals surface area contributed by atoms with Gasteiger partial charge in [0.1, 0.15) is 0 Å². The molecule has 2 rings (SSSR count). The molecule has 1 aliphatic heterocycles. The Labute approximate surface area is 96.2 Å². The van der Waals surface area contributed by atoms with Crippen LogP contribution in [0.4, 0.5) is 5.82 Å². The van der Waals surface area contributed by atoms with Gasteiger partial charge < -0.3 is 10.1 Å². The maximum absolute atomic E-state index is 11.6. The Bertz CT molecular complexity index is 370. The standard InChI is InChI=1S/C10H11BrN2O2/c11-5-1-3-8-10(14)13-9-7(15-8)4-2-6-12-9/h2,4,6,8H,1,3,5H2,(H,12,13,14)/t8-/m0/s1. The maximum Gasteiger partial charge on any atom is 0.266 e. The molecule has 15 heavy (non-hydrogen) atoms. The van der Waals surface area contributed by atoms with E-state index in [1.807, 2.05) is 6.07 Å². The summed E-state index contributed by atoms with van der Waals surface area (Å²) in [5.74, 6) is 1.05. The van der Waals surface area contributed by atoms with E-state index in [9.17, 15) is 4.79 Å². The average Bonchev–Trinajstić information content (AvgIpc) is 2.26. The molecule has 0 saturated carbocycles. The highest BCUT2D eigenvalue weighted by atomic mass is 79.9. The minimum absolute atomic E-state index is 0.109. The Morgan fingerprint density at radius 2 is 2.47 bits per heavy atom. The predicted octanol–water partition coefficient (Wildman–Crippen LogP) is 1.96. The number of nitrogens with zero attached hydrogens (tertiary/aromatic N) is 1. The Morgan fingerprint density at radius 3 is 3.27 bits per heavy atom. The first-order valence-electron chi connectivity index (χ1n) is 4.80.